The fourth-order valence-electron chi connectivity index (χ4n) is 4.02. The average molecular weight is 490 g/mol. The van der Waals surface area contributed by atoms with Gasteiger partial charge in [-0.1, -0.05) is 58.9 Å². The van der Waals surface area contributed by atoms with Crippen LogP contribution in [0.15, 0.2) is 64.5 Å². The van der Waals surface area contributed by atoms with Crippen LogP contribution in [-0.4, -0.2) is 72.5 Å². The molecule has 1 aliphatic rings. The van der Waals surface area contributed by atoms with Gasteiger partial charge in [-0.3, -0.25) is 14.3 Å². The Morgan fingerprint density at radius 3 is 2.57 bits per heavy atom. The van der Waals surface area contributed by atoms with Crippen LogP contribution in [0, 0.1) is 13.8 Å². The van der Waals surface area contributed by atoms with Gasteiger partial charge >= 0.3 is 0 Å². The fourth-order valence-corrected chi connectivity index (χ4v) is 4.85. The molecule has 0 unspecified atom stereocenters. The molecule has 10 heteroatoms. The van der Waals surface area contributed by atoms with E-state index >= 15 is 0 Å². The predicted octanol–water partition coefficient (Wildman–Crippen LogP) is 3.37. The molecule has 4 aromatic rings. The Hall–Kier alpha value is -3.50. The first-order valence-corrected chi connectivity index (χ1v) is 12.5. The summed E-state index contributed by atoms with van der Waals surface area (Å²) in [4.78, 5) is 21.5. The Morgan fingerprint density at radius 1 is 1.03 bits per heavy atom. The highest BCUT2D eigenvalue weighted by atomic mass is 32.2. The largest absolute Gasteiger partial charge is 0.339 e. The lowest BCUT2D eigenvalue weighted by Gasteiger charge is -2.33. The second-order valence-electron chi connectivity index (χ2n) is 8.59. The van der Waals surface area contributed by atoms with Gasteiger partial charge in [0.15, 0.2) is 5.16 Å². The van der Waals surface area contributed by atoms with E-state index < -0.39 is 0 Å². The highest BCUT2D eigenvalue weighted by molar-refractivity contribution is 7.99. The van der Waals surface area contributed by atoms with Crippen LogP contribution in [0.2, 0.25) is 0 Å². The van der Waals surface area contributed by atoms with Crippen molar-refractivity contribution < 1.29 is 9.32 Å². The topological polar surface area (TPSA) is 93.2 Å². The first kappa shape index (κ1) is 23.3. The van der Waals surface area contributed by atoms with Crippen molar-refractivity contribution in [2.45, 2.75) is 25.5 Å². The maximum atomic E-state index is 12.8. The number of hydrogen-bond acceptors (Lipinski definition) is 8. The zero-order chi connectivity index (χ0) is 24.2. The number of aryl methyl sites for hydroxylation is 2. The third-order valence-corrected chi connectivity index (χ3v) is 7.02. The van der Waals surface area contributed by atoms with Crippen molar-refractivity contribution in [3.8, 4) is 17.1 Å². The van der Waals surface area contributed by atoms with Crippen molar-refractivity contribution in [1.29, 1.82) is 0 Å². The number of carbonyl (C=O) groups is 1. The van der Waals surface area contributed by atoms with E-state index in [1.807, 2.05) is 64.9 Å². The quantitative estimate of drug-likeness (QED) is 0.365. The predicted molar refractivity (Wildman–Crippen MR) is 133 cm³/mol. The van der Waals surface area contributed by atoms with Crippen LogP contribution in [0.5, 0.6) is 0 Å². The Morgan fingerprint density at radius 2 is 1.80 bits per heavy atom. The highest BCUT2D eigenvalue weighted by Crippen LogP contribution is 2.22. The van der Waals surface area contributed by atoms with Crippen molar-refractivity contribution in [2.75, 3.05) is 31.9 Å². The molecule has 1 fully saturated rings. The van der Waals surface area contributed by atoms with Gasteiger partial charge in [-0.15, -0.1) is 10.2 Å². The van der Waals surface area contributed by atoms with Gasteiger partial charge in [0.1, 0.15) is 6.33 Å². The number of benzene rings is 2. The number of aromatic nitrogens is 5. The summed E-state index contributed by atoms with van der Waals surface area (Å²) in [6.07, 6.45) is 1.68. The molecule has 5 rings (SSSR count). The molecular weight excluding hydrogens is 462 g/mol. The maximum Gasteiger partial charge on any atom is 0.241 e. The van der Waals surface area contributed by atoms with Crippen molar-refractivity contribution in [2.24, 2.45) is 0 Å². The summed E-state index contributed by atoms with van der Waals surface area (Å²) in [5.74, 6) is 1.64. The van der Waals surface area contributed by atoms with E-state index in [2.05, 4.69) is 32.2 Å². The van der Waals surface area contributed by atoms with Crippen LogP contribution in [-0.2, 0) is 11.3 Å². The lowest BCUT2D eigenvalue weighted by atomic mass is 10.1. The van der Waals surface area contributed by atoms with Gasteiger partial charge in [0, 0.05) is 37.4 Å². The lowest BCUT2D eigenvalue weighted by Crippen LogP contribution is -2.48. The number of amides is 1. The molecule has 0 saturated carbocycles. The number of carbonyl (C=O) groups excluding carboxylic acids is 1. The van der Waals surface area contributed by atoms with Crippen molar-refractivity contribution in [3.05, 3.63) is 71.9 Å². The van der Waals surface area contributed by atoms with Crippen molar-refractivity contribution in [1.82, 2.24) is 34.7 Å². The standard InChI is InChI=1S/C25H27N7O2S/c1-18-7-9-20(10-8-18)32-17-26-28-25(32)35-16-23(33)31-13-11-30(12-14-31)15-22-27-24(29-34-22)21-6-4-3-5-19(21)2/h3-10,17H,11-16H2,1-2H3. The Bertz CT molecular complexity index is 1290. The molecule has 0 aliphatic carbocycles. The van der Waals surface area contributed by atoms with Gasteiger partial charge in [-0.05, 0) is 31.5 Å². The van der Waals surface area contributed by atoms with E-state index in [4.69, 9.17) is 4.52 Å². The average Bonchev–Trinajstić information content (AvgIpc) is 3.53. The fraction of sp³-hybridized carbons (Fsp3) is 0.320. The molecule has 1 saturated heterocycles. The molecule has 0 atom stereocenters. The van der Waals surface area contributed by atoms with Crippen LogP contribution >= 0.6 is 11.8 Å². The molecule has 0 bridgehead atoms. The Labute approximate surface area is 208 Å². The van der Waals surface area contributed by atoms with E-state index in [1.54, 1.807) is 6.33 Å². The van der Waals surface area contributed by atoms with E-state index in [1.165, 1.54) is 17.3 Å². The first-order valence-electron chi connectivity index (χ1n) is 11.6. The van der Waals surface area contributed by atoms with Crippen LogP contribution in [0.4, 0.5) is 0 Å². The zero-order valence-electron chi connectivity index (χ0n) is 19.8. The highest BCUT2D eigenvalue weighted by Gasteiger charge is 2.23. The second-order valence-corrected chi connectivity index (χ2v) is 9.53. The third kappa shape index (κ3) is 5.44. The SMILES string of the molecule is Cc1ccc(-n2cnnc2SCC(=O)N2CCN(Cc3nc(-c4ccccc4C)no3)CC2)cc1. The van der Waals surface area contributed by atoms with E-state index in [0.29, 0.717) is 42.3 Å². The molecule has 2 aromatic heterocycles. The van der Waals surface area contributed by atoms with E-state index in [9.17, 15) is 4.79 Å². The summed E-state index contributed by atoms with van der Waals surface area (Å²) in [6, 6.07) is 16.1. The minimum absolute atomic E-state index is 0.104. The molecule has 0 radical (unpaired) electrons. The zero-order valence-corrected chi connectivity index (χ0v) is 20.6. The van der Waals surface area contributed by atoms with Crippen LogP contribution < -0.4 is 0 Å². The smallest absolute Gasteiger partial charge is 0.241 e. The third-order valence-electron chi connectivity index (χ3n) is 6.09. The summed E-state index contributed by atoms with van der Waals surface area (Å²) >= 11 is 1.41. The Balaban J connectivity index is 1.11. The Kier molecular flexibility index (Phi) is 6.91. The number of thioether (sulfide) groups is 1. The van der Waals surface area contributed by atoms with Crippen LogP contribution in [0.1, 0.15) is 17.0 Å². The molecule has 180 valence electrons. The molecule has 1 aliphatic heterocycles. The van der Waals surface area contributed by atoms with Gasteiger partial charge < -0.3 is 9.42 Å². The van der Waals surface area contributed by atoms with Gasteiger partial charge in [0.05, 0.1) is 12.3 Å². The second kappa shape index (κ2) is 10.4. The number of piperazine rings is 1. The molecule has 1 amide bonds. The summed E-state index contributed by atoms with van der Waals surface area (Å²) < 4.78 is 7.39. The van der Waals surface area contributed by atoms with Gasteiger partial charge in [-0.25, -0.2) is 0 Å². The van der Waals surface area contributed by atoms with Gasteiger partial charge in [0.2, 0.25) is 17.6 Å². The molecule has 9 nitrogen and oxygen atoms in total. The van der Waals surface area contributed by atoms with Gasteiger partial charge in [-0.2, -0.15) is 4.98 Å². The summed E-state index contributed by atoms with van der Waals surface area (Å²) in [5, 5.41) is 13.1. The summed E-state index contributed by atoms with van der Waals surface area (Å²) in [7, 11) is 0. The van der Waals surface area contributed by atoms with Crippen molar-refractivity contribution >= 4 is 17.7 Å². The molecule has 2 aromatic carbocycles. The normalized spacial score (nSPS) is 14.4. The molecule has 0 N–H and O–H groups in total. The minimum atomic E-state index is 0.104. The van der Waals surface area contributed by atoms with Crippen LogP contribution in [0.3, 0.4) is 0 Å². The van der Waals surface area contributed by atoms with Gasteiger partial charge in [0.25, 0.3) is 0 Å². The van der Waals surface area contributed by atoms with Crippen LogP contribution in [0.25, 0.3) is 17.1 Å². The monoisotopic (exact) mass is 489 g/mol. The molecule has 0 spiro atoms. The number of hydrogen-bond donors (Lipinski definition) is 0. The lowest BCUT2D eigenvalue weighted by molar-refractivity contribution is -0.130. The molecule has 35 heavy (non-hydrogen) atoms. The van der Waals surface area contributed by atoms with E-state index in [0.717, 1.165) is 29.9 Å². The maximum absolute atomic E-state index is 12.8. The summed E-state index contributed by atoms with van der Waals surface area (Å²) in [6.45, 7) is 7.53. The minimum Gasteiger partial charge on any atom is -0.339 e. The first-order chi connectivity index (χ1) is 17.1. The molecular formula is C25H27N7O2S. The molecule has 3 heterocycles. The number of rotatable bonds is 7. The summed E-state index contributed by atoms with van der Waals surface area (Å²) in [5.41, 5.74) is 4.27. The van der Waals surface area contributed by atoms with E-state index in [-0.39, 0.29) is 5.91 Å². The van der Waals surface area contributed by atoms with Crippen molar-refractivity contribution in [3.63, 3.8) is 0 Å². The number of nitrogens with zero attached hydrogens (tertiary/aromatic N) is 7.